The molecule has 2 heterocycles. The molecule has 0 aliphatic heterocycles. The first kappa shape index (κ1) is 11.5. The van der Waals surface area contributed by atoms with Gasteiger partial charge in [0.1, 0.15) is 12.1 Å². The van der Waals surface area contributed by atoms with Gasteiger partial charge in [-0.15, -0.1) is 0 Å². The minimum atomic E-state index is 0.623. The maximum Gasteiger partial charge on any atom is 0.237 e. The average Bonchev–Trinajstić information content (AvgIpc) is 2.82. The van der Waals surface area contributed by atoms with Crippen molar-refractivity contribution in [1.82, 2.24) is 19.5 Å². The molecule has 2 aromatic rings. The van der Waals surface area contributed by atoms with Gasteiger partial charge in [0.15, 0.2) is 0 Å². The summed E-state index contributed by atoms with van der Waals surface area (Å²) in [5.41, 5.74) is 6.36. The highest BCUT2D eigenvalue weighted by Crippen LogP contribution is 2.09. The zero-order chi connectivity index (χ0) is 12.1. The molecule has 0 spiro atoms. The molecule has 0 atom stereocenters. The van der Waals surface area contributed by atoms with E-state index in [9.17, 15) is 0 Å². The normalized spacial score (nSPS) is 10.5. The summed E-state index contributed by atoms with van der Waals surface area (Å²) < 4.78 is 1.78. The summed E-state index contributed by atoms with van der Waals surface area (Å²) in [6, 6.07) is 1.91. The Morgan fingerprint density at radius 1 is 1.41 bits per heavy atom. The summed E-state index contributed by atoms with van der Waals surface area (Å²) in [4.78, 5) is 12.7. The zero-order valence-corrected chi connectivity index (χ0v) is 9.80. The minimum absolute atomic E-state index is 0.623. The van der Waals surface area contributed by atoms with E-state index in [-0.39, 0.29) is 0 Å². The second-order valence-corrected chi connectivity index (χ2v) is 3.73. The third-order valence-corrected chi connectivity index (χ3v) is 2.26. The first-order valence-corrected chi connectivity index (χ1v) is 5.57. The Morgan fingerprint density at radius 2 is 2.29 bits per heavy atom. The van der Waals surface area contributed by atoms with Crippen LogP contribution in [0.25, 0.3) is 5.95 Å². The molecule has 0 fully saturated rings. The van der Waals surface area contributed by atoms with Crippen LogP contribution in [-0.2, 0) is 0 Å². The van der Waals surface area contributed by atoms with Gasteiger partial charge in [-0.3, -0.25) is 4.57 Å². The first-order valence-electron chi connectivity index (χ1n) is 5.57. The fourth-order valence-electron chi connectivity index (χ4n) is 1.45. The predicted molar refractivity (Wildman–Crippen MR) is 66.1 cm³/mol. The third-order valence-electron chi connectivity index (χ3n) is 2.26. The van der Waals surface area contributed by atoms with Crippen LogP contribution in [0.5, 0.6) is 0 Å². The van der Waals surface area contributed by atoms with E-state index in [0.717, 1.165) is 24.5 Å². The van der Waals surface area contributed by atoms with Gasteiger partial charge in [0.05, 0.1) is 0 Å². The summed E-state index contributed by atoms with van der Waals surface area (Å²) >= 11 is 0. The van der Waals surface area contributed by atoms with Gasteiger partial charge >= 0.3 is 0 Å². The van der Waals surface area contributed by atoms with Gasteiger partial charge in [-0.25, -0.2) is 9.97 Å². The lowest BCUT2D eigenvalue weighted by Crippen LogP contribution is -2.11. The van der Waals surface area contributed by atoms with Crippen LogP contribution >= 0.6 is 0 Å². The lowest BCUT2D eigenvalue weighted by atomic mass is 10.4. The monoisotopic (exact) mass is 232 g/mol. The number of hydrogen-bond donors (Lipinski definition) is 2. The summed E-state index contributed by atoms with van der Waals surface area (Å²) in [7, 11) is 0. The number of nitrogens with one attached hydrogen (secondary N) is 1. The Labute approximate surface area is 99.9 Å². The smallest absolute Gasteiger partial charge is 0.237 e. The number of rotatable bonds is 5. The molecule has 0 radical (unpaired) electrons. The zero-order valence-electron chi connectivity index (χ0n) is 9.80. The molecular formula is C11H16N6. The van der Waals surface area contributed by atoms with Crippen LogP contribution < -0.4 is 11.1 Å². The Morgan fingerprint density at radius 3 is 3.00 bits per heavy atom. The molecule has 6 nitrogen and oxygen atoms in total. The van der Waals surface area contributed by atoms with Gasteiger partial charge in [0.2, 0.25) is 5.95 Å². The maximum absolute atomic E-state index is 5.44. The molecule has 90 valence electrons. The van der Waals surface area contributed by atoms with E-state index in [1.807, 2.05) is 19.2 Å². The van der Waals surface area contributed by atoms with Crippen molar-refractivity contribution >= 4 is 5.82 Å². The number of nitrogens with zero attached hydrogens (tertiary/aromatic N) is 4. The lowest BCUT2D eigenvalue weighted by Gasteiger charge is -2.08. The summed E-state index contributed by atoms with van der Waals surface area (Å²) in [6.07, 6.45) is 6.12. The van der Waals surface area contributed by atoms with Gasteiger partial charge in [0.25, 0.3) is 0 Å². The summed E-state index contributed by atoms with van der Waals surface area (Å²) in [5.74, 6) is 1.44. The van der Waals surface area contributed by atoms with E-state index < -0.39 is 0 Å². The molecule has 3 N–H and O–H groups in total. The van der Waals surface area contributed by atoms with Gasteiger partial charge in [-0.05, 0) is 19.9 Å². The Hall–Kier alpha value is -1.95. The SMILES string of the molecule is Cc1cc(NCCCN)nc(-n2ccnc2)n1. The van der Waals surface area contributed by atoms with Crippen molar-refractivity contribution in [1.29, 1.82) is 0 Å². The van der Waals surface area contributed by atoms with E-state index in [4.69, 9.17) is 5.73 Å². The fraction of sp³-hybridized carbons (Fsp3) is 0.364. The predicted octanol–water partition coefficient (Wildman–Crippen LogP) is 0.731. The van der Waals surface area contributed by atoms with Crippen LogP contribution in [0, 0.1) is 6.92 Å². The van der Waals surface area contributed by atoms with Crippen LogP contribution in [0.15, 0.2) is 24.8 Å². The largest absolute Gasteiger partial charge is 0.370 e. The molecule has 0 aromatic carbocycles. The second-order valence-electron chi connectivity index (χ2n) is 3.73. The van der Waals surface area contributed by atoms with Gasteiger partial charge < -0.3 is 11.1 Å². The van der Waals surface area contributed by atoms with Gasteiger partial charge in [-0.1, -0.05) is 0 Å². The topological polar surface area (TPSA) is 81.6 Å². The molecule has 0 saturated carbocycles. The van der Waals surface area contributed by atoms with Crippen molar-refractivity contribution in [2.45, 2.75) is 13.3 Å². The molecule has 0 bridgehead atoms. The molecule has 2 aromatic heterocycles. The van der Waals surface area contributed by atoms with Crippen molar-refractivity contribution in [2.24, 2.45) is 5.73 Å². The van der Waals surface area contributed by atoms with E-state index in [2.05, 4.69) is 20.3 Å². The van der Waals surface area contributed by atoms with Crippen LogP contribution in [-0.4, -0.2) is 32.6 Å². The molecule has 0 saturated heterocycles. The van der Waals surface area contributed by atoms with E-state index >= 15 is 0 Å². The van der Waals surface area contributed by atoms with Crippen molar-refractivity contribution in [3.8, 4) is 5.95 Å². The van der Waals surface area contributed by atoms with Gasteiger partial charge in [-0.2, -0.15) is 4.98 Å². The average molecular weight is 232 g/mol. The molecule has 2 rings (SSSR count). The minimum Gasteiger partial charge on any atom is -0.370 e. The van der Waals surface area contributed by atoms with Crippen molar-refractivity contribution in [2.75, 3.05) is 18.4 Å². The number of anilines is 1. The van der Waals surface area contributed by atoms with E-state index in [1.54, 1.807) is 17.1 Å². The van der Waals surface area contributed by atoms with E-state index in [0.29, 0.717) is 12.5 Å². The highest BCUT2D eigenvalue weighted by atomic mass is 15.2. The van der Waals surface area contributed by atoms with Crippen molar-refractivity contribution in [3.63, 3.8) is 0 Å². The molecule has 0 aliphatic carbocycles. The van der Waals surface area contributed by atoms with Crippen LogP contribution in [0.3, 0.4) is 0 Å². The highest BCUT2D eigenvalue weighted by molar-refractivity contribution is 5.38. The molecule has 17 heavy (non-hydrogen) atoms. The highest BCUT2D eigenvalue weighted by Gasteiger charge is 2.03. The Bertz CT molecular complexity index is 465. The summed E-state index contributed by atoms with van der Waals surface area (Å²) in [5, 5.41) is 3.22. The molecule has 0 amide bonds. The number of hydrogen-bond acceptors (Lipinski definition) is 5. The molecule has 0 aliphatic rings. The summed E-state index contributed by atoms with van der Waals surface area (Å²) in [6.45, 7) is 3.43. The number of nitrogens with two attached hydrogens (primary N) is 1. The van der Waals surface area contributed by atoms with Gasteiger partial charge in [0, 0.05) is 30.7 Å². The first-order chi connectivity index (χ1) is 8.29. The second kappa shape index (κ2) is 5.40. The van der Waals surface area contributed by atoms with E-state index in [1.165, 1.54) is 0 Å². The van der Waals surface area contributed by atoms with Crippen LogP contribution in [0.4, 0.5) is 5.82 Å². The van der Waals surface area contributed by atoms with Crippen molar-refractivity contribution in [3.05, 3.63) is 30.5 Å². The van der Waals surface area contributed by atoms with Crippen LogP contribution in [0.2, 0.25) is 0 Å². The number of imidazole rings is 1. The molecule has 0 unspecified atom stereocenters. The number of aryl methyl sites for hydroxylation is 1. The standard InChI is InChI=1S/C11H16N6/c1-9-7-10(14-4-2-3-12)16-11(15-9)17-6-5-13-8-17/h5-8H,2-4,12H2,1H3,(H,14,15,16). The quantitative estimate of drug-likeness (QED) is 0.743. The lowest BCUT2D eigenvalue weighted by molar-refractivity contribution is 0.859. The third kappa shape index (κ3) is 3.01. The molecular weight excluding hydrogens is 216 g/mol. The Balaban J connectivity index is 2.18. The Kier molecular flexibility index (Phi) is 3.66. The van der Waals surface area contributed by atoms with Crippen molar-refractivity contribution < 1.29 is 0 Å². The van der Waals surface area contributed by atoms with Crippen LogP contribution in [0.1, 0.15) is 12.1 Å². The number of aromatic nitrogens is 4. The molecule has 6 heteroatoms. The maximum atomic E-state index is 5.44. The fourth-order valence-corrected chi connectivity index (χ4v) is 1.45.